The number of rotatable bonds is 9. The second-order valence-electron chi connectivity index (χ2n) is 7.76. The van der Waals surface area contributed by atoms with Crippen LogP contribution in [0.15, 0.2) is 114 Å². The van der Waals surface area contributed by atoms with Crippen LogP contribution in [0.2, 0.25) is 0 Å². The van der Waals surface area contributed by atoms with Gasteiger partial charge in [-0.15, -0.1) is 11.8 Å². The molecule has 0 N–H and O–H groups in total. The van der Waals surface area contributed by atoms with Gasteiger partial charge in [-0.2, -0.15) is 0 Å². The SMILES string of the molecule is Cc1ccc(SC(CC(=O)c2ccccc2)c2ccc(OCc3ccccc3)cc2)cc1. The minimum Gasteiger partial charge on any atom is -0.489 e. The van der Waals surface area contributed by atoms with Crippen molar-refractivity contribution in [2.24, 2.45) is 0 Å². The molecule has 0 aliphatic carbocycles. The Morgan fingerprint density at radius 2 is 1.41 bits per heavy atom. The molecule has 4 aromatic carbocycles. The number of hydrogen-bond acceptors (Lipinski definition) is 3. The summed E-state index contributed by atoms with van der Waals surface area (Å²) in [7, 11) is 0. The predicted octanol–water partition coefficient (Wildman–Crippen LogP) is 7.68. The molecule has 0 saturated carbocycles. The fourth-order valence-corrected chi connectivity index (χ4v) is 4.59. The summed E-state index contributed by atoms with van der Waals surface area (Å²) in [5, 5.41) is 0.0218. The van der Waals surface area contributed by atoms with Crippen LogP contribution < -0.4 is 4.74 Å². The molecule has 32 heavy (non-hydrogen) atoms. The molecule has 0 spiro atoms. The molecule has 0 radical (unpaired) electrons. The molecule has 1 atom stereocenters. The largest absolute Gasteiger partial charge is 0.489 e. The van der Waals surface area contributed by atoms with Gasteiger partial charge in [-0.3, -0.25) is 4.79 Å². The first-order valence-corrected chi connectivity index (χ1v) is 11.6. The molecule has 1 unspecified atom stereocenters. The van der Waals surface area contributed by atoms with E-state index in [4.69, 9.17) is 4.74 Å². The van der Waals surface area contributed by atoms with Gasteiger partial charge >= 0.3 is 0 Å². The molecule has 0 aromatic heterocycles. The zero-order valence-corrected chi connectivity index (χ0v) is 18.9. The highest BCUT2D eigenvalue weighted by atomic mass is 32.2. The summed E-state index contributed by atoms with van der Waals surface area (Å²) in [6.45, 7) is 2.62. The van der Waals surface area contributed by atoms with Crippen LogP contribution in [0.5, 0.6) is 5.75 Å². The van der Waals surface area contributed by atoms with Gasteiger partial charge in [0.15, 0.2) is 5.78 Å². The Kier molecular flexibility index (Phi) is 7.42. The smallest absolute Gasteiger partial charge is 0.164 e. The van der Waals surface area contributed by atoms with Crippen molar-refractivity contribution in [3.05, 3.63) is 131 Å². The van der Waals surface area contributed by atoms with E-state index in [1.54, 1.807) is 11.8 Å². The van der Waals surface area contributed by atoms with E-state index in [0.717, 1.165) is 27.3 Å². The average molecular weight is 439 g/mol. The van der Waals surface area contributed by atoms with E-state index in [2.05, 4.69) is 55.5 Å². The normalized spacial score (nSPS) is 11.7. The van der Waals surface area contributed by atoms with E-state index in [1.165, 1.54) is 5.56 Å². The van der Waals surface area contributed by atoms with Crippen LogP contribution in [0.3, 0.4) is 0 Å². The third-order valence-electron chi connectivity index (χ3n) is 5.27. The van der Waals surface area contributed by atoms with Crippen molar-refractivity contribution in [1.82, 2.24) is 0 Å². The lowest BCUT2D eigenvalue weighted by Gasteiger charge is -2.17. The summed E-state index contributed by atoms with van der Waals surface area (Å²) in [6, 6.07) is 36.3. The molecule has 0 amide bonds. The first-order valence-electron chi connectivity index (χ1n) is 10.8. The fourth-order valence-electron chi connectivity index (χ4n) is 3.44. The van der Waals surface area contributed by atoms with E-state index in [1.807, 2.05) is 60.7 Å². The van der Waals surface area contributed by atoms with Gasteiger partial charge in [-0.1, -0.05) is 90.5 Å². The molecule has 0 aliphatic rings. The second kappa shape index (κ2) is 10.8. The van der Waals surface area contributed by atoms with Gasteiger partial charge in [-0.05, 0) is 42.3 Å². The van der Waals surface area contributed by atoms with Gasteiger partial charge in [0, 0.05) is 22.1 Å². The molecule has 0 aliphatic heterocycles. The third-order valence-corrected chi connectivity index (χ3v) is 6.53. The van der Waals surface area contributed by atoms with Gasteiger partial charge < -0.3 is 4.74 Å². The van der Waals surface area contributed by atoms with Crippen LogP contribution in [0.1, 0.15) is 38.7 Å². The number of aryl methyl sites for hydroxylation is 1. The summed E-state index contributed by atoms with van der Waals surface area (Å²) in [5.74, 6) is 0.977. The Balaban J connectivity index is 1.50. The lowest BCUT2D eigenvalue weighted by atomic mass is 10.0. The maximum atomic E-state index is 13.0. The highest BCUT2D eigenvalue weighted by molar-refractivity contribution is 7.99. The van der Waals surface area contributed by atoms with Crippen molar-refractivity contribution in [2.75, 3.05) is 0 Å². The van der Waals surface area contributed by atoms with Crippen molar-refractivity contribution in [3.8, 4) is 5.75 Å². The molecule has 3 heteroatoms. The highest BCUT2D eigenvalue weighted by Crippen LogP contribution is 2.39. The van der Waals surface area contributed by atoms with Gasteiger partial charge in [0.05, 0.1) is 0 Å². The van der Waals surface area contributed by atoms with Crippen molar-refractivity contribution < 1.29 is 9.53 Å². The number of carbonyl (C=O) groups is 1. The van der Waals surface area contributed by atoms with E-state index in [-0.39, 0.29) is 11.0 Å². The van der Waals surface area contributed by atoms with Crippen molar-refractivity contribution in [2.45, 2.75) is 30.1 Å². The first-order chi connectivity index (χ1) is 15.7. The van der Waals surface area contributed by atoms with E-state index < -0.39 is 0 Å². The average Bonchev–Trinajstić information content (AvgIpc) is 2.85. The van der Waals surface area contributed by atoms with Crippen LogP contribution >= 0.6 is 11.8 Å². The number of hydrogen-bond donors (Lipinski definition) is 0. The molecule has 4 aromatic rings. The van der Waals surface area contributed by atoms with Crippen LogP contribution in [0, 0.1) is 6.92 Å². The topological polar surface area (TPSA) is 26.3 Å². The Labute approximate surface area is 194 Å². The summed E-state index contributed by atoms with van der Waals surface area (Å²) in [5.41, 5.74) is 4.24. The molecule has 0 fully saturated rings. The summed E-state index contributed by atoms with van der Waals surface area (Å²) >= 11 is 1.73. The van der Waals surface area contributed by atoms with Crippen LogP contribution in [-0.2, 0) is 6.61 Å². The highest BCUT2D eigenvalue weighted by Gasteiger charge is 2.19. The molecular weight excluding hydrogens is 412 g/mol. The van der Waals surface area contributed by atoms with E-state index in [0.29, 0.717) is 13.0 Å². The van der Waals surface area contributed by atoms with E-state index >= 15 is 0 Å². The number of carbonyl (C=O) groups excluding carboxylic acids is 1. The van der Waals surface area contributed by atoms with Gasteiger partial charge in [0.2, 0.25) is 0 Å². The Hall–Kier alpha value is -3.30. The minimum atomic E-state index is 0.0218. The Bertz CT molecular complexity index is 1120. The molecular formula is C29H26O2S. The molecule has 0 saturated heterocycles. The molecule has 0 heterocycles. The number of benzene rings is 4. The van der Waals surface area contributed by atoms with Crippen LogP contribution in [-0.4, -0.2) is 5.78 Å². The predicted molar refractivity (Wildman–Crippen MR) is 132 cm³/mol. The number of thioether (sulfide) groups is 1. The van der Waals surface area contributed by atoms with E-state index in [9.17, 15) is 4.79 Å². The zero-order valence-electron chi connectivity index (χ0n) is 18.1. The number of Topliss-reactive ketones (excluding diaryl/α,β-unsaturated/α-hetero) is 1. The lowest BCUT2D eigenvalue weighted by molar-refractivity contribution is 0.0982. The first kappa shape index (κ1) is 21.9. The summed E-state index contributed by atoms with van der Waals surface area (Å²) < 4.78 is 5.93. The Morgan fingerprint density at radius 1 is 0.781 bits per heavy atom. The zero-order chi connectivity index (χ0) is 22.2. The molecule has 160 valence electrons. The maximum absolute atomic E-state index is 13.0. The maximum Gasteiger partial charge on any atom is 0.164 e. The standard InChI is InChI=1S/C29H26O2S/c1-22-12-18-27(19-13-22)32-29(20-28(30)24-10-6-3-7-11-24)25-14-16-26(17-15-25)31-21-23-8-4-2-5-9-23/h2-19,29H,20-21H2,1H3. The Morgan fingerprint density at radius 3 is 2.06 bits per heavy atom. The van der Waals surface area contributed by atoms with Crippen LogP contribution in [0.25, 0.3) is 0 Å². The van der Waals surface area contributed by atoms with Crippen molar-refractivity contribution in [1.29, 1.82) is 0 Å². The van der Waals surface area contributed by atoms with Crippen molar-refractivity contribution in [3.63, 3.8) is 0 Å². The second-order valence-corrected chi connectivity index (χ2v) is 9.03. The number of ether oxygens (including phenoxy) is 1. The minimum absolute atomic E-state index is 0.0218. The lowest BCUT2D eigenvalue weighted by Crippen LogP contribution is -2.05. The molecule has 4 rings (SSSR count). The van der Waals surface area contributed by atoms with Crippen molar-refractivity contribution >= 4 is 17.5 Å². The quantitative estimate of drug-likeness (QED) is 0.198. The summed E-state index contributed by atoms with van der Waals surface area (Å²) in [4.78, 5) is 14.1. The fraction of sp³-hybridized carbons (Fsp3) is 0.138. The van der Waals surface area contributed by atoms with Gasteiger partial charge in [-0.25, -0.2) is 0 Å². The molecule has 0 bridgehead atoms. The van der Waals surface area contributed by atoms with Crippen LogP contribution in [0.4, 0.5) is 0 Å². The monoisotopic (exact) mass is 438 g/mol. The molecule has 2 nitrogen and oxygen atoms in total. The third kappa shape index (κ3) is 6.12. The number of ketones is 1. The summed E-state index contributed by atoms with van der Waals surface area (Å²) in [6.07, 6.45) is 0.437. The van der Waals surface area contributed by atoms with Gasteiger partial charge in [0.1, 0.15) is 12.4 Å². The van der Waals surface area contributed by atoms with Gasteiger partial charge in [0.25, 0.3) is 0 Å².